The zero-order valence-corrected chi connectivity index (χ0v) is 23.0. The van der Waals surface area contributed by atoms with Crippen molar-refractivity contribution in [3.8, 4) is 5.75 Å². The Kier molecular flexibility index (Phi) is 8.17. The highest BCUT2D eigenvalue weighted by molar-refractivity contribution is 5.96. The third kappa shape index (κ3) is 5.51. The lowest BCUT2D eigenvalue weighted by atomic mass is 9.92. The Morgan fingerprint density at radius 3 is 2.74 bits per heavy atom. The van der Waals surface area contributed by atoms with E-state index in [-0.39, 0.29) is 17.9 Å². The number of hydrogen-bond donors (Lipinski definition) is 2. The number of nitrogens with zero attached hydrogens (tertiary/aromatic N) is 3. The molecule has 3 heterocycles. The number of carbonyl (C=O) groups is 2. The maximum Gasteiger partial charge on any atom is 0.252 e. The molecule has 0 radical (unpaired) electrons. The summed E-state index contributed by atoms with van der Waals surface area (Å²) in [5.41, 5.74) is 3.44. The molecule has 8 heteroatoms. The molecule has 2 amide bonds. The number of carbonyl (C=O) groups excluding carboxylic acids is 2. The molecule has 1 aliphatic carbocycles. The van der Waals surface area contributed by atoms with Crippen LogP contribution in [0.2, 0.25) is 0 Å². The van der Waals surface area contributed by atoms with Gasteiger partial charge in [-0.3, -0.25) is 9.59 Å². The summed E-state index contributed by atoms with van der Waals surface area (Å²) in [5, 5.41) is 6.32. The molecule has 1 saturated carbocycles. The lowest BCUT2D eigenvalue weighted by Gasteiger charge is -2.38. The number of hydrogen-bond acceptors (Lipinski definition) is 6. The minimum Gasteiger partial charge on any atom is -0.493 e. The number of likely N-dealkylation sites (N-methyl/N-ethyl adjacent to an activating group) is 1. The molecular formula is C30H41N5O3. The smallest absolute Gasteiger partial charge is 0.252 e. The summed E-state index contributed by atoms with van der Waals surface area (Å²) < 4.78 is 5.77. The molecule has 0 bridgehead atoms. The van der Waals surface area contributed by atoms with Crippen molar-refractivity contribution >= 4 is 17.6 Å². The molecule has 0 spiro atoms. The molecule has 2 aromatic rings. The van der Waals surface area contributed by atoms with Gasteiger partial charge in [0.15, 0.2) is 0 Å². The van der Waals surface area contributed by atoms with Crippen molar-refractivity contribution in [2.45, 2.75) is 65.0 Å². The van der Waals surface area contributed by atoms with E-state index in [0.717, 1.165) is 69.0 Å². The van der Waals surface area contributed by atoms with Gasteiger partial charge in [0.1, 0.15) is 11.6 Å². The first kappa shape index (κ1) is 26.5. The van der Waals surface area contributed by atoms with Crippen molar-refractivity contribution in [2.75, 3.05) is 44.2 Å². The molecule has 204 valence electrons. The third-order valence-electron chi connectivity index (χ3n) is 8.63. The molecule has 1 aromatic heterocycles. The van der Waals surface area contributed by atoms with E-state index in [1.54, 1.807) is 6.20 Å². The quantitative estimate of drug-likeness (QED) is 0.527. The van der Waals surface area contributed by atoms with Gasteiger partial charge in [0.2, 0.25) is 0 Å². The summed E-state index contributed by atoms with van der Waals surface area (Å²) in [6.45, 7) is 11.3. The highest BCUT2D eigenvalue weighted by atomic mass is 16.5. The summed E-state index contributed by atoms with van der Waals surface area (Å²) in [7, 11) is 0. The first-order valence-electron chi connectivity index (χ1n) is 14.3. The van der Waals surface area contributed by atoms with Crippen LogP contribution in [0.5, 0.6) is 5.75 Å². The van der Waals surface area contributed by atoms with Crippen molar-refractivity contribution in [3.05, 3.63) is 52.7 Å². The van der Waals surface area contributed by atoms with Crippen molar-refractivity contribution in [3.63, 3.8) is 0 Å². The minimum absolute atomic E-state index is 0.00881. The molecular weight excluding hydrogens is 478 g/mol. The van der Waals surface area contributed by atoms with Gasteiger partial charge in [0.25, 0.3) is 11.8 Å². The molecule has 3 unspecified atom stereocenters. The molecule has 2 N–H and O–H groups in total. The highest BCUT2D eigenvalue weighted by Crippen LogP contribution is 2.39. The number of amides is 2. The van der Waals surface area contributed by atoms with Crippen LogP contribution in [-0.4, -0.2) is 73.1 Å². The Bertz CT molecular complexity index is 1150. The van der Waals surface area contributed by atoms with Gasteiger partial charge in [-0.25, -0.2) is 4.98 Å². The maximum absolute atomic E-state index is 13.2. The summed E-state index contributed by atoms with van der Waals surface area (Å²) in [5.74, 6) is 2.24. The van der Waals surface area contributed by atoms with Gasteiger partial charge >= 0.3 is 0 Å². The SMILES string of the molecule is CCN(CC)CCNC(=O)c1ccc(N2CCCC3CC(NC(=O)c4ccc5c(c4C)OCC5)CC32)nc1. The highest BCUT2D eigenvalue weighted by Gasteiger charge is 2.41. The average Bonchev–Trinajstić information content (AvgIpc) is 3.58. The zero-order chi connectivity index (χ0) is 26.6. The Morgan fingerprint density at radius 1 is 1.13 bits per heavy atom. The second-order valence-corrected chi connectivity index (χ2v) is 10.8. The van der Waals surface area contributed by atoms with Crippen LogP contribution in [-0.2, 0) is 6.42 Å². The molecule has 3 aliphatic rings. The number of nitrogens with one attached hydrogen (secondary N) is 2. The lowest BCUT2D eigenvalue weighted by Crippen LogP contribution is -2.43. The number of piperidine rings is 1. The van der Waals surface area contributed by atoms with Gasteiger partial charge in [0, 0.05) is 55.5 Å². The Labute approximate surface area is 226 Å². The molecule has 38 heavy (non-hydrogen) atoms. The van der Waals surface area contributed by atoms with Crippen LogP contribution in [0.1, 0.15) is 71.4 Å². The van der Waals surface area contributed by atoms with Crippen LogP contribution in [0.3, 0.4) is 0 Å². The predicted molar refractivity (Wildman–Crippen MR) is 149 cm³/mol. The topological polar surface area (TPSA) is 86.8 Å². The summed E-state index contributed by atoms with van der Waals surface area (Å²) in [6.07, 6.45) is 6.78. The van der Waals surface area contributed by atoms with Gasteiger partial charge in [0.05, 0.1) is 12.2 Å². The van der Waals surface area contributed by atoms with Gasteiger partial charge < -0.3 is 25.2 Å². The van der Waals surface area contributed by atoms with Crippen LogP contribution in [0, 0.1) is 12.8 Å². The van der Waals surface area contributed by atoms with Crippen LogP contribution < -0.4 is 20.3 Å². The van der Waals surface area contributed by atoms with Crippen LogP contribution in [0.4, 0.5) is 5.82 Å². The van der Waals surface area contributed by atoms with Gasteiger partial charge in [-0.05, 0) is 75.4 Å². The molecule has 1 aromatic carbocycles. The van der Waals surface area contributed by atoms with Crippen LogP contribution in [0.15, 0.2) is 30.5 Å². The molecule has 1 saturated heterocycles. The van der Waals surface area contributed by atoms with Gasteiger partial charge in [-0.1, -0.05) is 19.9 Å². The van der Waals surface area contributed by atoms with Gasteiger partial charge in [-0.2, -0.15) is 0 Å². The fraction of sp³-hybridized carbons (Fsp3) is 0.567. The number of aromatic nitrogens is 1. The first-order valence-corrected chi connectivity index (χ1v) is 14.3. The standard InChI is InChI=1S/C30H41N5O3/c1-4-34(5-2)15-13-31-29(36)23-9-11-27(32-19-23)35-14-6-7-22-17-24(18-26(22)35)33-30(37)25-10-8-21-12-16-38-28(21)20(25)3/h8-11,19,22,24,26H,4-7,12-18H2,1-3H3,(H,31,36)(H,33,37). The monoisotopic (exact) mass is 519 g/mol. The molecule has 5 rings (SSSR count). The molecule has 3 atom stereocenters. The summed E-state index contributed by atoms with van der Waals surface area (Å²) in [6, 6.07) is 8.31. The van der Waals surface area contributed by atoms with E-state index in [9.17, 15) is 9.59 Å². The van der Waals surface area contributed by atoms with Crippen molar-refractivity contribution in [1.29, 1.82) is 0 Å². The summed E-state index contributed by atoms with van der Waals surface area (Å²) >= 11 is 0. The predicted octanol–water partition coefficient (Wildman–Crippen LogP) is 3.57. The second kappa shape index (κ2) is 11.7. The number of fused-ring (bicyclic) bond motifs is 2. The normalized spacial score (nSPS) is 22.1. The number of pyridine rings is 1. The minimum atomic E-state index is -0.0800. The Balaban J connectivity index is 1.19. The van der Waals surface area contributed by atoms with E-state index in [2.05, 4.69) is 34.3 Å². The molecule has 2 fully saturated rings. The third-order valence-corrected chi connectivity index (χ3v) is 8.63. The molecule has 8 nitrogen and oxygen atoms in total. The fourth-order valence-electron chi connectivity index (χ4n) is 6.46. The Morgan fingerprint density at radius 2 is 1.97 bits per heavy atom. The van der Waals surface area contributed by atoms with Gasteiger partial charge in [-0.15, -0.1) is 0 Å². The largest absolute Gasteiger partial charge is 0.493 e. The summed E-state index contributed by atoms with van der Waals surface area (Å²) in [4.78, 5) is 35.1. The van der Waals surface area contributed by atoms with E-state index < -0.39 is 0 Å². The number of benzene rings is 1. The van der Waals surface area contributed by atoms with Crippen molar-refractivity contribution in [1.82, 2.24) is 20.5 Å². The van der Waals surface area contributed by atoms with Crippen LogP contribution >= 0.6 is 0 Å². The van der Waals surface area contributed by atoms with E-state index in [0.29, 0.717) is 36.2 Å². The van der Waals surface area contributed by atoms with Crippen LogP contribution in [0.25, 0.3) is 0 Å². The zero-order valence-electron chi connectivity index (χ0n) is 23.0. The average molecular weight is 520 g/mol. The van der Waals surface area contributed by atoms with Crippen molar-refractivity contribution in [2.24, 2.45) is 5.92 Å². The second-order valence-electron chi connectivity index (χ2n) is 10.8. The first-order chi connectivity index (χ1) is 18.5. The van der Waals surface area contributed by atoms with E-state index in [1.165, 1.54) is 12.0 Å². The number of ether oxygens (including phenoxy) is 1. The number of anilines is 1. The lowest BCUT2D eigenvalue weighted by molar-refractivity contribution is 0.0932. The fourth-order valence-corrected chi connectivity index (χ4v) is 6.46. The van der Waals surface area contributed by atoms with E-state index in [1.807, 2.05) is 31.2 Å². The van der Waals surface area contributed by atoms with Crippen molar-refractivity contribution < 1.29 is 14.3 Å². The maximum atomic E-state index is 13.2. The number of rotatable bonds is 9. The van der Waals surface area contributed by atoms with E-state index in [4.69, 9.17) is 9.72 Å². The Hall–Kier alpha value is -3.13. The molecule has 2 aliphatic heterocycles. The van der Waals surface area contributed by atoms with E-state index >= 15 is 0 Å².